The molecule has 3 rings (SSSR count). The first kappa shape index (κ1) is 15.9. The first-order chi connectivity index (χ1) is 11.1. The normalized spacial score (nSPS) is 17.3. The highest BCUT2D eigenvalue weighted by molar-refractivity contribution is 7.18. The van der Waals surface area contributed by atoms with Crippen molar-refractivity contribution in [2.24, 2.45) is 0 Å². The molecule has 6 nitrogen and oxygen atoms in total. The molecule has 0 bridgehead atoms. The van der Waals surface area contributed by atoms with Gasteiger partial charge in [0.1, 0.15) is 5.01 Å². The molecule has 23 heavy (non-hydrogen) atoms. The van der Waals surface area contributed by atoms with Crippen LogP contribution in [0, 0.1) is 0 Å². The van der Waals surface area contributed by atoms with Crippen molar-refractivity contribution in [1.82, 2.24) is 9.88 Å². The Kier molecular flexibility index (Phi) is 4.88. The fourth-order valence-corrected chi connectivity index (χ4v) is 3.40. The molecule has 1 aliphatic heterocycles. The lowest BCUT2D eigenvalue weighted by Gasteiger charge is -2.16. The van der Waals surface area contributed by atoms with Crippen LogP contribution < -0.4 is 0 Å². The van der Waals surface area contributed by atoms with E-state index in [2.05, 4.69) is 4.98 Å². The average Bonchev–Trinajstić information content (AvgIpc) is 3.20. The van der Waals surface area contributed by atoms with Crippen LogP contribution in [0.2, 0.25) is 0 Å². The SMILES string of the molecule is CN(Cc1nc2ccccc2s1)C(=O)COC(=O)[C@H]1CCCO1. The molecule has 0 radical (unpaired) electrons. The number of amides is 1. The summed E-state index contributed by atoms with van der Waals surface area (Å²) in [5.41, 5.74) is 0.929. The minimum absolute atomic E-state index is 0.254. The molecule has 7 heteroatoms. The van der Waals surface area contributed by atoms with Crippen molar-refractivity contribution in [2.75, 3.05) is 20.3 Å². The maximum Gasteiger partial charge on any atom is 0.335 e. The van der Waals surface area contributed by atoms with Crippen LogP contribution in [0.25, 0.3) is 10.2 Å². The van der Waals surface area contributed by atoms with E-state index in [1.54, 1.807) is 18.4 Å². The van der Waals surface area contributed by atoms with E-state index in [4.69, 9.17) is 9.47 Å². The van der Waals surface area contributed by atoms with E-state index in [1.807, 2.05) is 24.3 Å². The van der Waals surface area contributed by atoms with Gasteiger partial charge >= 0.3 is 5.97 Å². The third-order valence-corrected chi connectivity index (χ3v) is 4.69. The van der Waals surface area contributed by atoms with E-state index >= 15 is 0 Å². The Labute approximate surface area is 138 Å². The zero-order chi connectivity index (χ0) is 16.2. The van der Waals surface area contributed by atoms with Gasteiger partial charge in [0.25, 0.3) is 5.91 Å². The largest absolute Gasteiger partial charge is 0.454 e. The average molecular weight is 334 g/mol. The monoisotopic (exact) mass is 334 g/mol. The number of rotatable bonds is 5. The van der Waals surface area contributed by atoms with E-state index in [0.29, 0.717) is 19.6 Å². The topological polar surface area (TPSA) is 68.7 Å². The minimum Gasteiger partial charge on any atom is -0.454 e. The van der Waals surface area contributed by atoms with Gasteiger partial charge in [0.15, 0.2) is 12.7 Å². The second-order valence-electron chi connectivity index (χ2n) is 5.43. The van der Waals surface area contributed by atoms with Gasteiger partial charge in [-0.15, -0.1) is 11.3 Å². The molecule has 0 spiro atoms. The van der Waals surface area contributed by atoms with Crippen molar-refractivity contribution >= 4 is 33.4 Å². The summed E-state index contributed by atoms with van der Waals surface area (Å²) in [5.74, 6) is -0.708. The summed E-state index contributed by atoms with van der Waals surface area (Å²) in [5, 5.41) is 0.854. The maximum absolute atomic E-state index is 12.1. The molecule has 1 saturated heterocycles. The van der Waals surface area contributed by atoms with Crippen molar-refractivity contribution in [3.05, 3.63) is 29.3 Å². The molecular formula is C16H18N2O4S. The molecule has 0 aliphatic carbocycles. The van der Waals surface area contributed by atoms with Crippen LogP contribution in [0.5, 0.6) is 0 Å². The molecule has 2 heterocycles. The summed E-state index contributed by atoms with van der Waals surface area (Å²) < 4.78 is 11.4. The second-order valence-corrected chi connectivity index (χ2v) is 6.55. The molecule has 0 N–H and O–H groups in total. The van der Waals surface area contributed by atoms with E-state index in [1.165, 1.54) is 4.90 Å². The molecule has 1 amide bonds. The van der Waals surface area contributed by atoms with Crippen LogP contribution in [0.4, 0.5) is 0 Å². The lowest BCUT2D eigenvalue weighted by Crippen LogP contribution is -2.33. The van der Waals surface area contributed by atoms with Crippen molar-refractivity contribution in [3.8, 4) is 0 Å². The molecule has 2 aromatic rings. The summed E-state index contributed by atoms with van der Waals surface area (Å²) in [6, 6.07) is 7.84. The first-order valence-corrected chi connectivity index (χ1v) is 8.32. The predicted octanol–water partition coefficient (Wildman–Crippen LogP) is 1.98. The Morgan fingerprint density at radius 2 is 2.26 bits per heavy atom. The smallest absolute Gasteiger partial charge is 0.335 e. The number of ether oxygens (including phenoxy) is 2. The van der Waals surface area contributed by atoms with Crippen LogP contribution in [0.3, 0.4) is 0 Å². The Balaban J connectivity index is 1.51. The maximum atomic E-state index is 12.1. The highest BCUT2D eigenvalue weighted by atomic mass is 32.1. The third-order valence-electron chi connectivity index (χ3n) is 3.67. The van der Waals surface area contributed by atoms with Crippen LogP contribution >= 0.6 is 11.3 Å². The lowest BCUT2D eigenvalue weighted by atomic mass is 10.2. The van der Waals surface area contributed by atoms with Crippen molar-refractivity contribution in [3.63, 3.8) is 0 Å². The number of hydrogen-bond donors (Lipinski definition) is 0. The zero-order valence-electron chi connectivity index (χ0n) is 12.9. The Morgan fingerprint density at radius 3 is 3.00 bits per heavy atom. The second kappa shape index (κ2) is 7.06. The van der Waals surface area contributed by atoms with Gasteiger partial charge in [0.05, 0.1) is 16.8 Å². The fourth-order valence-electron chi connectivity index (χ4n) is 2.38. The molecule has 0 saturated carbocycles. The van der Waals surface area contributed by atoms with Crippen LogP contribution in [0.15, 0.2) is 24.3 Å². The van der Waals surface area contributed by atoms with Gasteiger partial charge < -0.3 is 14.4 Å². The van der Waals surface area contributed by atoms with Gasteiger partial charge in [-0.25, -0.2) is 9.78 Å². The van der Waals surface area contributed by atoms with Crippen molar-refractivity contribution in [2.45, 2.75) is 25.5 Å². The predicted molar refractivity (Wildman–Crippen MR) is 86.0 cm³/mol. The molecule has 1 fully saturated rings. The quantitative estimate of drug-likeness (QED) is 0.782. The van der Waals surface area contributed by atoms with Crippen LogP contribution in [-0.4, -0.2) is 48.1 Å². The Bertz CT molecular complexity index is 676. The number of nitrogens with zero attached hydrogens (tertiary/aromatic N) is 2. The number of carbonyl (C=O) groups is 2. The van der Waals surface area contributed by atoms with E-state index < -0.39 is 12.1 Å². The summed E-state index contributed by atoms with van der Waals surface area (Å²) in [7, 11) is 1.67. The highest BCUT2D eigenvalue weighted by Crippen LogP contribution is 2.22. The van der Waals surface area contributed by atoms with Crippen molar-refractivity contribution < 1.29 is 19.1 Å². The molecule has 1 aromatic heterocycles. The van der Waals surface area contributed by atoms with Gasteiger partial charge in [0, 0.05) is 13.7 Å². The molecule has 1 aliphatic rings. The number of fused-ring (bicyclic) bond motifs is 1. The summed E-state index contributed by atoms with van der Waals surface area (Å²) in [6.07, 6.45) is 0.997. The standard InChI is InChI=1S/C16H18N2O4S/c1-18(9-14-17-11-5-2-3-7-13(11)23-14)15(19)10-22-16(20)12-6-4-8-21-12/h2-3,5,7,12H,4,6,8-10H2,1H3/t12-/m1/s1. The molecule has 1 atom stereocenters. The van der Waals surface area contributed by atoms with Crippen molar-refractivity contribution in [1.29, 1.82) is 0 Å². The van der Waals surface area contributed by atoms with Crippen LogP contribution in [-0.2, 0) is 25.6 Å². The number of likely N-dealkylation sites (N-methyl/N-ethyl adjacent to an activating group) is 1. The number of aromatic nitrogens is 1. The highest BCUT2D eigenvalue weighted by Gasteiger charge is 2.26. The lowest BCUT2D eigenvalue weighted by molar-refractivity contribution is -0.159. The molecule has 122 valence electrons. The zero-order valence-corrected chi connectivity index (χ0v) is 13.7. The third kappa shape index (κ3) is 3.86. The van der Waals surface area contributed by atoms with Gasteiger partial charge in [-0.3, -0.25) is 4.79 Å². The summed E-state index contributed by atoms with van der Waals surface area (Å²) in [4.78, 5) is 29.8. The Morgan fingerprint density at radius 1 is 1.43 bits per heavy atom. The van der Waals surface area contributed by atoms with Gasteiger partial charge in [0.2, 0.25) is 0 Å². The van der Waals surface area contributed by atoms with Gasteiger partial charge in [-0.1, -0.05) is 12.1 Å². The number of para-hydroxylation sites is 1. The minimum atomic E-state index is -0.516. The summed E-state index contributed by atoms with van der Waals surface area (Å²) in [6.45, 7) is 0.709. The number of hydrogen-bond acceptors (Lipinski definition) is 6. The number of benzene rings is 1. The van der Waals surface area contributed by atoms with E-state index in [9.17, 15) is 9.59 Å². The number of esters is 1. The number of thiazole rings is 1. The summed E-state index contributed by atoms with van der Waals surface area (Å²) >= 11 is 1.56. The van der Waals surface area contributed by atoms with Crippen LogP contribution in [0.1, 0.15) is 17.8 Å². The molecule has 0 unspecified atom stereocenters. The molecular weight excluding hydrogens is 316 g/mol. The first-order valence-electron chi connectivity index (χ1n) is 7.50. The Hall–Kier alpha value is -1.99. The van der Waals surface area contributed by atoms with Gasteiger partial charge in [-0.2, -0.15) is 0 Å². The number of carbonyl (C=O) groups excluding carboxylic acids is 2. The van der Waals surface area contributed by atoms with Gasteiger partial charge in [-0.05, 0) is 25.0 Å². The van der Waals surface area contributed by atoms with E-state index in [0.717, 1.165) is 21.6 Å². The van der Waals surface area contributed by atoms with E-state index in [-0.39, 0.29) is 12.5 Å². The fraction of sp³-hybridized carbons (Fsp3) is 0.438. The molecule has 1 aromatic carbocycles.